The highest BCUT2D eigenvalue weighted by Crippen LogP contribution is 2.31. The standard InChI is InChI=1S/C10H16O3/c1-2-3-7-4-5-8(10(12)13)6-9(7)11/h2,7-9,11H,1,3-6H2,(H,12,13). The molecule has 1 saturated carbocycles. The highest BCUT2D eigenvalue weighted by Gasteiger charge is 2.31. The molecule has 1 rings (SSSR count). The van der Waals surface area contributed by atoms with Crippen LogP contribution in [0.2, 0.25) is 0 Å². The van der Waals surface area contributed by atoms with E-state index < -0.39 is 12.1 Å². The predicted octanol–water partition coefficient (Wildman–Crippen LogP) is 1.42. The first-order valence-electron chi connectivity index (χ1n) is 4.67. The fourth-order valence-corrected chi connectivity index (χ4v) is 1.92. The lowest BCUT2D eigenvalue weighted by atomic mass is 9.78. The van der Waals surface area contributed by atoms with Gasteiger partial charge in [-0.3, -0.25) is 4.79 Å². The van der Waals surface area contributed by atoms with Gasteiger partial charge in [0.2, 0.25) is 0 Å². The third-order valence-corrected chi connectivity index (χ3v) is 2.77. The Morgan fingerprint density at radius 1 is 1.54 bits per heavy atom. The van der Waals surface area contributed by atoms with Crippen molar-refractivity contribution < 1.29 is 15.0 Å². The van der Waals surface area contributed by atoms with Crippen LogP contribution in [0.15, 0.2) is 12.7 Å². The Morgan fingerprint density at radius 3 is 2.69 bits per heavy atom. The summed E-state index contributed by atoms with van der Waals surface area (Å²) in [4.78, 5) is 10.6. The number of carbonyl (C=O) groups is 1. The first kappa shape index (κ1) is 10.3. The molecule has 0 heterocycles. The molecule has 1 aliphatic carbocycles. The average Bonchev–Trinajstić information content (AvgIpc) is 2.08. The number of allylic oxidation sites excluding steroid dienone is 1. The number of hydrogen-bond donors (Lipinski definition) is 2. The van der Waals surface area contributed by atoms with Crippen LogP contribution >= 0.6 is 0 Å². The summed E-state index contributed by atoms with van der Waals surface area (Å²) in [6.07, 6.45) is 3.98. The molecule has 74 valence electrons. The van der Waals surface area contributed by atoms with Gasteiger partial charge in [-0.15, -0.1) is 6.58 Å². The van der Waals surface area contributed by atoms with Crippen molar-refractivity contribution in [3.8, 4) is 0 Å². The van der Waals surface area contributed by atoms with E-state index >= 15 is 0 Å². The number of hydrogen-bond acceptors (Lipinski definition) is 2. The lowest BCUT2D eigenvalue weighted by Gasteiger charge is -2.30. The van der Waals surface area contributed by atoms with Crippen LogP contribution in [-0.4, -0.2) is 22.3 Å². The van der Waals surface area contributed by atoms with E-state index in [0.717, 1.165) is 12.8 Å². The molecule has 3 unspecified atom stereocenters. The van der Waals surface area contributed by atoms with E-state index in [2.05, 4.69) is 6.58 Å². The summed E-state index contributed by atoms with van der Waals surface area (Å²) in [5, 5.41) is 18.3. The smallest absolute Gasteiger partial charge is 0.306 e. The van der Waals surface area contributed by atoms with Gasteiger partial charge in [-0.2, -0.15) is 0 Å². The second-order valence-corrected chi connectivity index (χ2v) is 3.70. The van der Waals surface area contributed by atoms with Crippen molar-refractivity contribution in [1.29, 1.82) is 0 Å². The molecule has 13 heavy (non-hydrogen) atoms. The molecule has 2 N–H and O–H groups in total. The van der Waals surface area contributed by atoms with E-state index in [1.807, 2.05) is 0 Å². The summed E-state index contributed by atoms with van der Waals surface area (Å²) >= 11 is 0. The summed E-state index contributed by atoms with van der Waals surface area (Å²) in [7, 11) is 0. The molecule has 0 amide bonds. The maximum absolute atomic E-state index is 10.6. The molecular weight excluding hydrogens is 168 g/mol. The molecular formula is C10H16O3. The highest BCUT2D eigenvalue weighted by molar-refractivity contribution is 5.70. The molecule has 0 aromatic heterocycles. The monoisotopic (exact) mass is 184 g/mol. The van der Waals surface area contributed by atoms with Crippen molar-refractivity contribution in [3.05, 3.63) is 12.7 Å². The molecule has 3 atom stereocenters. The zero-order valence-electron chi connectivity index (χ0n) is 7.65. The lowest BCUT2D eigenvalue weighted by Crippen LogP contribution is -2.32. The van der Waals surface area contributed by atoms with Crippen LogP contribution < -0.4 is 0 Å². The predicted molar refractivity (Wildman–Crippen MR) is 49.3 cm³/mol. The van der Waals surface area contributed by atoms with Gasteiger partial charge in [0.1, 0.15) is 0 Å². The number of aliphatic hydroxyl groups excluding tert-OH is 1. The maximum atomic E-state index is 10.6. The van der Waals surface area contributed by atoms with Crippen LogP contribution in [0.4, 0.5) is 0 Å². The first-order valence-corrected chi connectivity index (χ1v) is 4.67. The van der Waals surface area contributed by atoms with E-state index in [-0.39, 0.29) is 11.8 Å². The van der Waals surface area contributed by atoms with Gasteiger partial charge in [-0.1, -0.05) is 6.08 Å². The third-order valence-electron chi connectivity index (χ3n) is 2.77. The number of carboxylic acid groups (broad SMARTS) is 1. The Morgan fingerprint density at radius 2 is 2.23 bits per heavy atom. The molecule has 1 fully saturated rings. The molecule has 1 aliphatic rings. The van der Waals surface area contributed by atoms with Crippen LogP contribution in [0.1, 0.15) is 25.7 Å². The Balaban J connectivity index is 2.46. The van der Waals surface area contributed by atoms with Gasteiger partial charge in [0.05, 0.1) is 12.0 Å². The molecule has 0 radical (unpaired) electrons. The molecule has 0 aromatic rings. The van der Waals surface area contributed by atoms with Gasteiger partial charge in [-0.05, 0) is 31.6 Å². The van der Waals surface area contributed by atoms with Crippen molar-refractivity contribution in [1.82, 2.24) is 0 Å². The average molecular weight is 184 g/mol. The Labute approximate surface area is 78.1 Å². The summed E-state index contributed by atoms with van der Waals surface area (Å²) in [6, 6.07) is 0. The SMILES string of the molecule is C=CCC1CCC(C(=O)O)CC1O. The molecule has 0 saturated heterocycles. The highest BCUT2D eigenvalue weighted by atomic mass is 16.4. The van der Waals surface area contributed by atoms with Crippen molar-refractivity contribution in [3.63, 3.8) is 0 Å². The van der Waals surface area contributed by atoms with Crippen molar-refractivity contribution in [2.45, 2.75) is 31.8 Å². The molecule has 0 spiro atoms. The molecule has 3 nitrogen and oxygen atoms in total. The first-order chi connectivity index (χ1) is 6.15. The summed E-state index contributed by atoms with van der Waals surface area (Å²) < 4.78 is 0. The van der Waals surface area contributed by atoms with Gasteiger partial charge in [0.25, 0.3) is 0 Å². The van der Waals surface area contributed by atoms with Crippen LogP contribution in [0.5, 0.6) is 0 Å². The molecule has 0 bridgehead atoms. The Kier molecular flexibility index (Phi) is 3.48. The summed E-state index contributed by atoms with van der Waals surface area (Å²) in [5.41, 5.74) is 0. The lowest BCUT2D eigenvalue weighted by molar-refractivity contribution is -0.145. The van der Waals surface area contributed by atoms with Gasteiger partial charge >= 0.3 is 5.97 Å². The van der Waals surface area contributed by atoms with Crippen LogP contribution in [0, 0.1) is 11.8 Å². The molecule has 0 aromatic carbocycles. The zero-order chi connectivity index (χ0) is 9.84. The number of aliphatic carboxylic acids is 1. The van der Waals surface area contributed by atoms with Crippen LogP contribution in [-0.2, 0) is 4.79 Å². The minimum Gasteiger partial charge on any atom is -0.481 e. The molecule has 0 aliphatic heterocycles. The van der Waals surface area contributed by atoms with Gasteiger partial charge in [0.15, 0.2) is 0 Å². The van der Waals surface area contributed by atoms with E-state index in [0.29, 0.717) is 12.8 Å². The summed E-state index contributed by atoms with van der Waals surface area (Å²) in [6.45, 7) is 3.62. The number of aliphatic hydroxyl groups is 1. The largest absolute Gasteiger partial charge is 0.481 e. The van der Waals surface area contributed by atoms with Gasteiger partial charge in [-0.25, -0.2) is 0 Å². The topological polar surface area (TPSA) is 57.5 Å². The quantitative estimate of drug-likeness (QED) is 0.652. The number of rotatable bonds is 3. The Bertz CT molecular complexity index is 200. The van der Waals surface area contributed by atoms with E-state index in [4.69, 9.17) is 5.11 Å². The second-order valence-electron chi connectivity index (χ2n) is 3.70. The van der Waals surface area contributed by atoms with Crippen LogP contribution in [0.3, 0.4) is 0 Å². The fraction of sp³-hybridized carbons (Fsp3) is 0.700. The van der Waals surface area contributed by atoms with Gasteiger partial charge < -0.3 is 10.2 Å². The molecule has 3 heteroatoms. The van der Waals surface area contributed by atoms with Gasteiger partial charge in [0, 0.05) is 0 Å². The van der Waals surface area contributed by atoms with E-state index in [1.165, 1.54) is 0 Å². The zero-order valence-corrected chi connectivity index (χ0v) is 7.65. The summed E-state index contributed by atoms with van der Waals surface area (Å²) in [5.74, 6) is -0.916. The minimum absolute atomic E-state index is 0.216. The van der Waals surface area contributed by atoms with Crippen molar-refractivity contribution in [2.75, 3.05) is 0 Å². The fourth-order valence-electron chi connectivity index (χ4n) is 1.92. The second kappa shape index (κ2) is 4.42. The number of carboxylic acids is 1. The van der Waals surface area contributed by atoms with Crippen molar-refractivity contribution in [2.24, 2.45) is 11.8 Å². The third kappa shape index (κ3) is 2.56. The normalized spacial score (nSPS) is 34.1. The van der Waals surface area contributed by atoms with Crippen LogP contribution in [0.25, 0.3) is 0 Å². The van der Waals surface area contributed by atoms with E-state index in [1.54, 1.807) is 6.08 Å². The van der Waals surface area contributed by atoms with Crippen molar-refractivity contribution >= 4 is 5.97 Å². The Hall–Kier alpha value is -0.830. The van der Waals surface area contributed by atoms with E-state index in [9.17, 15) is 9.90 Å². The minimum atomic E-state index is -0.781. The maximum Gasteiger partial charge on any atom is 0.306 e.